The Bertz CT molecular complexity index is 795. The standard InChI is InChI=1S/C17H20Cl2N4O2S/c1-3-23-16(10(2)25-14-7-4-11(18)8-13(14)19)21-22-17(23)26-9-15(24)20-12-5-6-12/h4,7-8,10,12H,3,5-6,9H2,1-2H3,(H,20,24). The first-order chi connectivity index (χ1) is 12.5. The van der Waals surface area contributed by atoms with Crippen molar-refractivity contribution in [2.24, 2.45) is 0 Å². The third-order valence-electron chi connectivity index (χ3n) is 3.90. The van der Waals surface area contributed by atoms with Crippen molar-refractivity contribution in [3.05, 3.63) is 34.1 Å². The van der Waals surface area contributed by atoms with Crippen LogP contribution in [0.5, 0.6) is 5.75 Å². The van der Waals surface area contributed by atoms with E-state index in [-0.39, 0.29) is 12.0 Å². The molecule has 1 N–H and O–H groups in total. The Kier molecular flexibility index (Phi) is 6.32. The van der Waals surface area contributed by atoms with Gasteiger partial charge < -0.3 is 14.6 Å². The van der Waals surface area contributed by atoms with Gasteiger partial charge in [-0.05, 0) is 44.9 Å². The summed E-state index contributed by atoms with van der Waals surface area (Å²) in [6, 6.07) is 5.45. The molecule has 1 atom stereocenters. The molecule has 0 aliphatic heterocycles. The number of rotatable bonds is 8. The summed E-state index contributed by atoms with van der Waals surface area (Å²) in [5.41, 5.74) is 0. The van der Waals surface area contributed by atoms with E-state index >= 15 is 0 Å². The predicted molar refractivity (Wildman–Crippen MR) is 103 cm³/mol. The van der Waals surface area contributed by atoms with Crippen LogP contribution < -0.4 is 10.1 Å². The molecule has 1 saturated carbocycles. The lowest BCUT2D eigenvalue weighted by Crippen LogP contribution is -2.27. The van der Waals surface area contributed by atoms with Crippen molar-refractivity contribution in [3.8, 4) is 5.75 Å². The molecule has 1 aliphatic carbocycles. The lowest BCUT2D eigenvalue weighted by molar-refractivity contribution is -0.118. The van der Waals surface area contributed by atoms with Gasteiger partial charge in [-0.2, -0.15) is 0 Å². The van der Waals surface area contributed by atoms with Crippen LogP contribution in [0.1, 0.15) is 38.6 Å². The number of halogens is 2. The fourth-order valence-electron chi connectivity index (χ4n) is 2.45. The topological polar surface area (TPSA) is 69.0 Å². The van der Waals surface area contributed by atoms with E-state index in [0.717, 1.165) is 12.8 Å². The third-order valence-corrected chi connectivity index (χ3v) is 5.40. The Morgan fingerprint density at radius 3 is 2.85 bits per heavy atom. The average Bonchev–Trinajstić information content (AvgIpc) is 3.31. The van der Waals surface area contributed by atoms with Crippen molar-refractivity contribution in [1.82, 2.24) is 20.1 Å². The van der Waals surface area contributed by atoms with E-state index in [4.69, 9.17) is 27.9 Å². The predicted octanol–water partition coefficient (Wildman–Crippen LogP) is 4.12. The van der Waals surface area contributed by atoms with E-state index < -0.39 is 0 Å². The summed E-state index contributed by atoms with van der Waals surface area (Å²) in [6.45, 7) is 4.56. The highest BCUT2D eigenvalue weighted by Crippen LogP contribution is 2.31. The number of carbonyl (C=O) groups is 1. The fraction of sp³-hybridized carbons (Fsp3) is 0.471. The van der Waals surface area contributed by atoms with E-state index in [0.29, 0.717) is 45.1 Å². The number of carbonyl (C=O) groups excluding carboxylic acids is 1. The van der Waals surface area contributed by atoms with Crippen LogP contribution in [0.25, 0.3) is 0 Å². The molecular weight excluding hydrogens is 395 g/mol. The Balaban J connectivity index is 1.66. The quantitative estimate of drug-likeness (QED) is 0.657. The number of amides is 1. The van der Waals surface area contributed by atoms with Gasteiger partial charge in [0.2, 0.25) is 5.91 Å². The number of ether oxygens (including phenoxy) is 1. The maximum atomic E-state index is 11.9. The number of benzene rings is 1. The molecule has 1 aromatic heterocycles. The number of nitrogens with one attached hydrogen (secondary N) is 1. The van der Waals surface area contributed by atoms with Crippen LogP contribution >= 0.6 is 35.0 Å². The van der Waals surface area contributed by atoms with Crippen LogP contribution in [0.2, 0.25) is 10.0 Å². The molecule has 0 bridgehead atoms. The van der Waals surface area contributed by atoms with Crippen LogP contribution in [-0.4, -0.2) is 32.5 Å². The van der Waals surface area contributed by atoms with E-state index in [1.807, 2.05) is 18.4 Å². The third kappa shape index (κ3) is 4.84. The van der Waals surface area contributed by atoms with Gasteiger partial charge in [0.25, 0.3) is 0 Å². The molecule has 1 aromatic carbocycles. The zero-order valence-electron chi connectivity index (χ0n) is 14.5. The molecular formula is C17H20Cl2N4O2S. The lowest BCUT2D eigenvalue weighted by atomic mass is 10.3. The largest absolute Gasteiger partial charge is 0.481 e. The van der Waals surface area contributed by atoms with E-state index in [1.165, 1.54) is 11.8 Å². The monoisotopic (exact) mass is 414 g/mol. The molecule has 9 heteroatoms. The number of hydrogen-bond donors (Lipinski definition) is 1. The molecule has 3 rings (SSSR count). The summed E-state index contributed by atoms with van der Waals surface area (Å²) in [5, 5.41) is 13.1. The molecule has 1 fully saturated rings. The number of aromatic nitrogens is 3. The molecule has 1 aliphatic rings. The molecule has 1 unspecified atom stereocenters. The van der Waals surface area contributed by atoms with Crippen LogP contribution in [-0.2, 0) is 11.3 Å². The number of hydrogen-bond acceptors (Lipinski definition) is 5. The second-order valence-corrected chi connectivity index (χ2v) is 7.84. The van der Waals surface area contributed by atoms with Gasteiger partial charge in [0.15, 0.2) is 17.1 Å². The Morgan fingerprint density at radius 1 is 1.42 bits per heavy atom. The highest BCUT2D eigenvalue weighted by Gasteiger charge is 2.24. The highest BCUT2D eigenvalue weighted by atomic mass is 35.5. The average molecular weight is 415 g/mol. The smallest absolute Gasteiger partial charge is 0.230 e. The van der Waals surface area contributed by atoms with Crippen LogP contribution in [0.15, 0.2) is 23.4 Å². The van der Waals surface area contributed by atoms with Gasteiger partial charge in [-0.15, -0.1) is 10.2 Å². The second-order valence-electron chi connectivity index (χ2n) is 6.05. The number of thioether (sulfide) groups is 1. The first-order valence-corrected chi connectivity index (χ1v) is 10.2. The molecule has 1 amide bonds. The van der Waals surface area contributed by atoms with E-state index in [1.54, 1.807) is 18.2 Å². The highest BCUT2D eigenvalue weighted by molar-refractivity contribution is 7.99. The zero-order chi connectivity index (χ0) is 18.7. The normalized spacial score (nSPS) is 14.9. The summed E-state index contributed by atoms with van der Waals surface area (Å²) >= 11 is 13.5. The SMILES string of the molecule is CCn1c(SCC(=O)NC2CC2)nnc1C(C)Oc1ccc(Cl)cc1Cl. The van der Waals surface area contributed by atoms with Crippen molar-refractivity contribution in [2.45, 2.75) is 50.5 Å². The first kappa shape index (κ1) is 19.3. The zero-order valence-corrected chi connectivity index (χ0v) is 16.9. The molecule has 26 heavy (non-hydrogen) atoms. The second kappa shape index (κ2) is 8.50. The maximum Gasteiger partial charge on any atom is 0.230 e. The van der Waals surface area contributed by atoms with E-state index in [9.17, 15) is 4.79 Å². The summed E-state index contributed by atoms with van der Waals surface area (Å²) in [7, 11) is 0. The minimum absolute atomic E-state index is 0.0296. The maximum absolute atomic E-state index is 11.9. The van der Waals surface area contributed by atoms with Gasteiger partial charge >= 0.3 is 0 Å². The Labute approximate surface area is 166 Å². The van der Waals surface area contributed by atoms with Gasteiger partial charge in [-0.1, -0.05) is 35.0 Å². The minimum atomic E-state index is -0.351. The molecule has 140 valence electrons. The van der Waals surface area contributed by atoms with Crippen LogP contribution in [0.4, 0.5) is 0 Å². The summed E-state index contributed by atoms with van der Waals surface area (Å²) in [6.07, 6.45) is 1.80. The van der Waals surface area contributed by atoms with Crippen molar-refractivity contribution in [3.63, 3.8) is 0 Å². The van der Waals surface area contributed by atoms with Gasteiger partial charge in [-0.25, -0.2) is 0 Å². The molecule has 0 radical (unpaired) electrons. The summed E-state index contributed by atoms with van der Waals surface area (Å²) < 4.78 is 7.87. The lowest BCUT2D eigenvalue weighted by Gasteiger charge is -2.16. The summed E-state index contributed by atoms with van der Waals surface area (Å²) in [4.78, 5) is 11.9. The first-order valence-electron chi connectivity index (χ1n) is 8.45. The van der Waals surface area contributed by atoms with Gasteiger partial charge in [0, 0.05) is 17.6 Å². The van der Waals surface area contributed by atoms with Crippen molar-refractivity contribution in [1.29, 1.82) is 0 Å². The van der Waals surface area contributed by atoms with E-state index in [2.05, 4.69) is 15.5 Å². The molecule has 2 aromatic rings. The van der Waals surface area contributed by atoms with Crippen molar-refractivity contribution >= 4 is 40.9 Å². The minimum Gasteiger partial charge on any atom is -0.481 e. The summed E-state index contributed by atoms with van der Waals surface area (Å²) in [5.74, 6) is 1.57. The molecule has 1 heterocycles. The Morgan fingerprint density at radius 2 is 2.19 bits per heavy atom. The van der Waals surface area contributed by atoms with Crippen LogP contribution in [0.3, 0.4) is 0 Å². The fourth-order valence-corrected chi connectivity index (χ4v) is 3.72. The Hall–Kier alpha value is -1.44. The molecule has 6 nitrogen and oxygen atoms in total. The van der Waals surface area contributed by atoms with Gasteiger partial charge in [-0.3, -0.25) is 4.79 Å². The van der Waals surface area contributed by atoms with Crippen LogP contribution in [0, 0.1) is 0 Å². The van der Waals surface area contributed by atoms with Gasteiger partial charge in [0.05, 0.1) is 10.8 Å². The number of nitrogens with zero attached hydrogens (tertiary/aromatic N) is 3. The van der Waals surface area contributed by atoms with Crippen molar-refractivity contribution < 1.29 is 9.53 Å². The van der Waals surface area contributed by atoms with Gasteiger partial charge in [0.1, 0.15) is 5.75 Å². The molecule has 0 saturated heterocycles. The molecule has 0 spiro atoms. The van der Waals surface area contributed by atoms with Crippen molar-refractivity contribution in [2.75, 3.05) is 5.75 Å².